The fourth-order valence-electron chi connectivity index (χ4n) is 2.54. The van der Waals surface area contributed by atoms with Gasteiger partial charge in [0, 0.05) is 32.7 Å². The maximum Gasteiger partial charge on any atom is 0.309 e. The number of halogens is 1. The number of nitrogens with zero attached hydrogens (tertiary/aromatic N) is 2. The minimum Gasteiger partial charge on any atom is -0.469 e. The summed E-state index contributed by atoms with van der Waals surface area (Å²) in [6, 6.07) is 6.85. The highest BCUT2D eigenvalue weighted by atomic mass is 19.1. The van der Waals surface area contributed by atoms with Gasteiger partial charge in [0.2, 0.25) is 0 Å². The monoisotopic (exact) mass is 280 g/mol. The van der Waals surface area contributed by atoms with E-state index < -0.39 is 0 Å². The van der Waals surface area contributed by atoms with E-state index in [1.807, 2.05) is 19.1 Å². The summed E-state index contributed by atoms with van der Waals surface area (Å²) in [4.78, 5) is 15.7. The van der Waals surface area contributed by atoms with Gasteiger partial charge in [0.05, 0.1) is 18.7 Å². The highest BCUT2D eigenvalue weighted by molar-refractivity contribution is 5.72. The topological polar surface area (TPSA) is 32.8 Å². The Hall–Kier alpha value is -1.62. The van der Waals surface area contributed by atoms with Crippen LogP contribution in [-0.2, 0) is 9.53 Å². The summed E-state index contributed by atoms with van der Waals surface area (Å²) in [5.74, 6) is -0.481. The molecule has 1 aromatic rings. The molecule has 0 spiro atoms. The van der Waals surface area contributed by atoms with Crippen molar-refractivity contribution in [2.75, 3.05) is 44.7 Å². The lowest BCUT2D eigenvalue weighted by molar-refractivity contribution is -0.145. The van der Waals surface area contributed by atoms with Crippen molar-refractivity contribution in [2.24, 2.45) is 5.92 Å². The Kier molecular flexibility index (Phi) is 4.95. The summed E-state index contributed by atoms with van der Waals surface area (Å²) >= 11 is 0. The number of benzene rings is 1. The van der Waals surface area contributed by atoms with E-state index in [-0.39, 0.29) is 17.7 Å². The van der Waals surface area contributed by atoms with Gasteiger partial charge in [-0.1, -0.05) is 19.1 Å². The van der Waals surface area contributed by atoms with Crippen molar-refractivity contribution in [1.82, 2.24) is 4.90 Å². The van der Waals surface area contributed by atoms with Gasteiger partial charge < -0.3 is 9.64 Å². The van der Waals surface area contributed by atoms with Gasteiger partial charge >= 0.3 is 5.97 Å². The van der Waals surface area contributed by atoms with Gasteiger partial charge in [-0.3, -0.25) is 9.69 Å². The molecule has 1 aliphatic heterocycles. The Morgan fingerprint density at radius 2 is 1.95 bits per heavy atom. The molecule has 0 aromatic heterocycles. The van der Waals surface area contributed by atoms with E-state index in [0.29, 0.717) is 12.2 Å². The van der Waals surface area contributed by atoms with Crippen LogP contribution in [0.3, 0.4) is 0 Å². The molecule has 0 radical (unpaired) electrons. The smallest absolute Gasteiger partial charge is 0.309 e. The molecule has 20 heavy (non-hydrogen) atoms. The molecule has 1 heterocycles. The van der Waals surface area contributed by atoms with Crippen LogP contribution >= 0.6 is 0 Å². The SMILES string of the molecule is COC(=O)C(C)CN1CCN(c2ccccc2F)CC1. The third-order valence-corrected chi connectivity index (χ3v) is 3.70. The molecule has 5 heteroatoms. The summed E-state index contributed by atoms with van der Waals surface area (Å²) in [6.45, 7) is 5.77. The second kappa shape index (κ2) is 6.70. The van der Waals surface area contributed by atoms with Crippen molar-refractivity contribution in [2.45, 2.75) is 6.92 Å². The number of carbonyl (C=O) groups excluding carboxylic acids is 1. The summed E-state index contributed by atoms with van der Waals surface area (Å²) < 4.78 is 18.5. The van der Waals surface area contributed by atoms with Gasteiger partial charge in [-0.2, -0.15) is 0 Å². The average Bonchev–Trinajstić information content (AvgIpc) is 2.48. The zero-order valence-corrected chi connectivity index (χ0v) is 12.0. The largest absolute Gasteiger partial charge is 0.469 e. The molecule has 2 rings (SSSR count). The number of para-hydroxylation sites is 1. The number of rotatable bonds is 4. The van der Waals surface area contributed by atoms with Crippen LogP contribution in [0.15, 0.2) is 24.3 Å². The van der Waals surface area contributed by atoms with E-state index in [2.05, 4.69) is 9.80 Å². The first-order chi connectivity index (χ1) is 9.61. The Morgan fingerprint density at radius 1 is 1.30 bits per heavy atom. The molecule has 4 nitrogen and oxygen atoms in total. The molecule has 1 aliphatic rings. The van der Waals surface area contributed by atoms with Gasteiger partial charge in [-0.15, -0.1) is 0 Å². The number of ether oxygens (including phenoxy) is 1. The molecule has 110 valence electrons. The maximum atomic E-state index is 13.7. The van der Waals surface area contributed by atoms with Crippen molar-refractivity contribution in [3.8, 4) is 0 Å². The minimum absolute atomic E-state index is 0.125. The Labute approximate surface area is 119 Å². The summed E-state index contributed by atoms with van der Waals surface area (Å²) in [5, 5.41) is 0. The Morgan fingerprint density at radius 3 is 2.55 bits per heavy atom. The first kappa shape index (κ1) is 14.8. The third-order valence-electron chi connectivity index (χ3n) is 3.70. The number of piperazine rings is 1. The van der Waals surface area contributed by atoms with Crippen LogP contribution in [0, 0.1) is 11.7 Å². The van der Waals surface area contributed by atoms with E-state index in [0.717, 1.165) is 26.2 Å². The fourth-order valence-corrected chi connectivity index (χ4v) is 2.54. The fraction of sp³-hybridized carbons (Fsp3) is 0.533. The first-order valence-electron chi connectivity index (χ1n) is 6.91. The molecule has 0 saturated carbocycles. The normalized spacial score (nSPS) is 17.9. The Balaban J connectivity index is 1.87. The van der Waals surface area contributed by atoms with Gasteiger partial charge in [-0.05, 0) is 12.1 Å². The lowest BCUT2D eigenvalue weighted by atomic mass is 10.1. The van der Waals surface area contributed by atoms with Crippen LogP contribution in [0.1, 0.15) is 6.92 Å². The number of esters is 1. The van der Waals surface area contributed by atoms with Gasteiger partial charge in [0.15, 0.2) is 0 Å². The van der Waals surface area contributed by atoms with Gasteiger partial charge in [-0.25, -0.2) is 4.39 Å². The van der Waals surface area contributed by atoms with Crippen molar-refractivity contribution in [1.29, 1.82) is 0 Å². The van der Waals surface area contributed by atoms with Crippen LogP contribution in [0.4, 0.5) is 10.1 Å². The molecule has 1 unspecified atom stereocenters. The molecule has 1 fully saturated rings. The molecule has 0 aliphatic carbocycles. The lowest BCUT2D eigenvalue weighted by Crippen LogP contribution is -2.48. The van der Waals surface area contributed by atoms with E-state index >= 15 is 0 Å². The Bertz CT molecular complexity index is 459. The predicted molar refractivity (Wildman–Crippen MR) is 76.2 cm³/mol. The molecular formula is C15H21FN2O2. The van der Waals surface area contributed by atoms with Crippen molar-refractivity contribution < 1.29 is 13.9 Å². The minimum atomic E-state index is -0.179. The van der Waals surface area contributed by atoms with E-state index in [9.17, 15) is 9.18 Å². The second-order valence-electron chi connectivity index (χ2n) is 5.16. The average molecular weight is 280 g/mol. The zero-order chi connectivity index (χ0) is 14.5. The molecule has 1 atom stereocenters. The highest BCUT2D eigenvalue weighted by Gasteiger charge is 2.22. The third kappa shape index (κ3) is 3.48. The number of hydrogen-bond donors (Lipinski definition) is 0. The van der Waals surface area contributed by atoms with E-state index in [4.69, 9.17) is 4.74 Å². The number of carbonyl (C=O) groups is 1. The second-order valence-corrected chi connectivity index (χ2v) is 5.16. The van der Waals surface area contributed by atoms with Crippen LogP contribution in [-0.4, -0.2) is 50.7 Å². The molecule has 0 bridgehead atoms. The standard InChI is InChI=1S/C15H21FN2O2/c1-12(15(19)20-2)11-17-7-9-18(10-8-17)14-6-4-3-5-13(14)16/h3-6,12H,7-11H2,1-2H3. The summed E-state index contributed by atoms with van der Waals surface area (Å²) in [5.41, 5.74) is 0.660. The zero-order valence-electron chi connectivity index (χ0n) is 12.0. The van der Waals surface area contributed by atoms with E-state index in [1.54, 1.807) is 6.07 Å². The molecule has 1 aromatic carbocycles. The predicted octanol–water partition coefficient (Wildman–Crippen LogP) is 1.76. The lowest BCUT2D eigenvalue weighted by Gasteiger charge is -2.36. The first-order valence-corrected chi connectivity index (χ1v) is 6.91. The van der Waals surface area contributed by atoms with Crippen molar-refractivity contribution in [3.63, 3.8) is 0 Å². The van der Waals surface area contributed by atoms with Crippen LogP contribution in [0.2, 0.25) is 0 Å². The van der Waals surface area contributed by atoms with Crippen molar-refractivity contribution >= 4 is 11.7 Å². The number of anilines is 1. The molecule has 0 amide bonds. The summed E-state index contributed by atoms with van der Waals surface area (Å²) in [7, 11) is 1.41. The number of methoxy groups -OCH3 is 1. The van der Waals surface area contributed by atoms with Gasteiger partial charge in [0.1, 0.15) is 5.82 Å². The van der Waals surface area contributed by atoms with Crippen LogP contribution in [0.5, 0.6) is 0 Å². The van der Waals surface area contributed by atoms with E-state index in [1.165, 1.54) is 13.2 Å². The maximum absolute atomic E-state index is 13.7. The van der Waals surface area contributed by atoms with Crippen LogP contribution < -0.4 is 4.90 Å². The highest BCUT2D eigenvalue weighted by Crippen LogP contribution is 2.20. The van der Waals surface area contributed by atoms with Crippen LogP contribution in [0.25, 0.3) is 0 Å². The molecule has 0 N–H and O–H groups in total. The quantitative estimate of drug-likeness (QED) is 0.787. The number of hydrogen-bond acceptors (Lipinski definition) is 4. The molecular weight excluding hydrogens is 259 g/mol. The van der Waals surface area contributed by atoms with Crippen molar-refractivity contribution in [3.05, 3.63) is 30.1 Å². The summed E-state index contributed by atoms with van der Waals surface area (Å²) in [6.07, 6.45) is 0. The molecule has 1 saturated heterocycles. The van der Waals surface area contributed by atoms with Gasteiger partial charge in [0.25, 0.3) is 0 Å².